The van der Waals surface area contributed by atoms with Crippen molar-refractivity contribution >= 4 is 12.0 Å². The molecule has 2 amide bonds. The van der Waals surface area contributed by atoms with Crippen LogP contribution in [0, 0.1) is 5.92 Å². The van der Waals surface area contributed by atoms with E-state index in [1.165, 1.54) is 0 Å². The number of nitrogens with zero attached hydrogens (tertiary/aromatic N) is 2. The maximum absolute atomic E-state index is 12.3. The summed E-state index contributed by atoms with van der Waals surface area (Å²) in [6.45, 7) is 3.80. The lowest BCUT2D eigenvalue weighted by atomic mass is 9.98. The van der Waals surface area contributed by atoms with Crippen LogP contribution in [0.25, 0.3) is 0 Å². The summed E-state index contributed by atoms with van der Waals surface area (Å²) in [6.07, 6.45) is 3.23. The molecule has 0 aliphatic carbocycles. The van der Waals surface area contributed by atoms with Gasteiger partial charge in [0.25, 0.3) is 0 Å². The fourth-order valence-electron chi connectivity index (χ4n) is 2.33. The topological polar surface area (TPSA) is 81.1 Å². The average Bonchev–Trinajstić information content (AvgIpc) is 2.42. The molecule has 0 bridgehead atoms. The Balaban J connectivity index is 2.59. The van der Waals surface area contributed by atoms with Gasteiger partial charge in [-0.25, -0.2) is 4.79 Å². The van der Waals surface area contributed by atoms with Crippen LogP contribution in [-0.2, 0) is 4.79 Å². The van der Waals surface area contributed by atoms with Crippen LogP contribution >= 0.6 is 0 Å². The Bertz CT molecular complexity index is 309. The molecule has 0 aromatic heterocycles. The monoisotopic (exact) mass is 272 g/mol. The number of amides is 2. The lowest BCUT2D eigenvalue weighted by Crippen LogP contribution is -2.49. The van der Waals surface area contributed by atoms with Gasteiger partial charge in [0.05, 0.1) is 12.5 Å². The molecule has 0 spiro atoms. The molecule has 0 saturated carbocycles. The third-order valence-electron chi connectivity index (χ3n) is 3.46. The second-order valence-electron chi connectivity index (χ2n) is 4.97. The van der Waals surface area contributed by atoms with E-state index in [1.54, 1.807) is 9.80 Å². The van der Waals surface area contributed by atoms with E-state index in [-0.39, 0.29) is 19.2 Å². The number of aliphatic carboxylic acids is 1. The minimum atomic E-state index is -0.834. The molecule has 1 rings (SSSR count). The molecule has 0 aromatic rings. The first-order valence-corrected chi connectivity index (χ1v) is 6.97. The number of aliphatic hydroxyl groups is 1. The van der Waals surface area contributed by atoms with E-state index < -0.39 is 11.9 Å². The number of carboxylic acid groups (broad SMARTS) is 1. The van der Waals surface area contributed by atoms with E-state index in [9.17, 15) is 9.59 Å². The highest BCUT2D eigenvalue weighted by Gasteiger charge is 2.30. The van der Waals surface area contributed by atoms with Gasteiger partial charge < -0.3 is 20.0 Å². The molecule has 0 radical (unpaired) electrons. The van der Waals surface area contributed by atoms with Gasteiger partial charge in [-0.3, -0.25) is 4.79 Å². The van der Waals surface area contributed by atoms with E-state index >= 15 is 0 Å². The van der Waals surface area contributed by atoms with Gasteiger partial charge in [-0.1, -0.05) is 13.3 Å². The van der Waals surface area contributed by atoms with Crippen LogP contribution in [0.1, 0.15) is 32.6 Å². The molecular formula is C13H24N2O4. The number of rotatable bonds is 6. The summed E-state index contributed by atoms with van der Waals surface area (Å²) in [5.74, 6) is -1.29. The molecule has 2 N–H and O–H groups in total. The highest BCUT2D eigenvalue weighted by molar-refractivity contribution is 5.76. The van der Waals surface area contributed by atoms with E-state index in [0.717, 1.165) is 19.3 Å². The predicted molar refractivity (Wildman–Crippen MR) is 70.9 cm³/mol. The van der Waals surface area contributed by atoms with Gasteiger partial charge in [-0.2, -0.15) is 0 Å². The Kier molecular flexibility index (Phi) is 6.62. The molecular weight excluding hydrogens is 248 g/mol. The molecule has 1 fully saturated rings. The number of piperidine rings is 1. The lowest BCUT2D eigenvalue weighted by Gasteiger charge is -2.35. The number of hydrogen-bond donors (Lipinski definition) is 2. The summed E-state index contributed by atoms with van der Waals surface area (Å²) in [6, 6.07) is -0.145. The third-order valence-corrected chi connectivity index (χ3v) is 3.46. The average molecular weight is 272 g/mol. The molecule has 6 nitrogen and oxygen atoms in total. The van der Waals surface area contributed by atoms with Crippen molar-refractivity contribution in [3.8, 4) is 0 Å². The first-order valence-electron chi connectivity index (χ1n) is 6.97. The second kappa shape index (κ2) is 7.99. The van der Waals surface area contributed by atoms with Crippen molar-refractivity contribution in [2.45, 2.75) is 32.6 Å². The maximum atomic E-state index is 12.3. The number of urea groups is 1. The van der Waals surface area contributed by atoms with Crippen molar-refractivity contribution < 1.29 is 19.8 Å². The maximum Gasteiger partial charge on any atom is 0.320 e. The Hall–Kier alpha value is -1.30. The fourth-order valence-corrected chi connectivity index (χ4v) is 2.33. The summed E-state index contributed by atoms with van der Waals surface area (Å²) in [4.78, 5) is 26.5. The van der Waals surface area contributed by atoms with Crippen molar-refractivity contribution in [2.24, 2.45) is 5.92 Å². The zero-order chi connectivity index (χ0) is 14.3. The Morgan fingerprint density at radius 1 is 1.37 bits per heavy atom. The van der Waals surface area contributed by atoms with Gasteiger partial charge in [0.1, 0.15) is 0 Å². The number of carbonyl (C=O) groups excluding carboxylic acids is 1. The molecule has 1 aliphatic rings. The molecule has 1 heterocycles. The number of carboxylic acids is 1. The van der Waals surface area contributed by atoms with Crippen LogP contribution in [0.15, 0.2) is 0 Å². The van der Waals surface area contributed by atoms with Crippen molar-refractivity contribution in [3.05, 3.63) is 0 Å². The first kappa shape index (κ1) is 15.8. The van der Waals surface area contributed by atoms with E-state index in [0.29, 0.717) is 26.1 Å². The van der Waals surface area contributed by atoms with Crippen molar-refractivity contribution in [2.75, 3.05) is 32.8 Å². The summed E-state index contributed by atoms with van der Waals surface area (Å²) < 4.78 is 0. The molecule has 6 heteroatoms. The van der Waals surface area contributed by atoms with Crippen LogP contribution in [0.2, 0.25) is 0 Å². The number of carbonyl (C=O) groups is 2. The quantitative estimate of drug-likeness (QED) is 0.755. The Morgan fingerprint density at radius 3 is 2.68 bits per heavy atom. The van der Waals surface area contributed by atoms with Crippen LogP contribution in [0.4, 0.5) is 4.79 Å². The zero-order valence-electron chi connectivity index (χ0n) is 11.5. The molecule has 0 unspecified atom stereocenters. The van der Waals surface area contributed by atoms with Gasteiger partial charge in [0.15, 0.2) is 0 Å². The summed E-state index contributed by atoms with van der Waals surface area (Å²) in [7, 11) is 0. The van der Waals surface area contributed by atoms with Crippen molar-refractivity contribution in [1.29, 1.82) is 0 Å². The van der Waals surface area contributed by atoms with Crippen molar-refractivity contribution in [1.82, 2.24) is 9.80 Å². The van der Waals surface area contributed by atoms with Crippen LogP contribution in [-0.4, -0.2) is 64.8 Å². The molecule has 1 aliphatic heterocycles. The Morgan fingerprint density at radius 2 is 2.11 bits per heavy atom. The largest absolute Gasteiger partial charge is 0.481 e. The number of hydrogen-bond acceptors (Lipinski definition) is 3. The highest BCUT2D eigenvalue weighted by atomic mass is 16.4. The number of aliphatic hydroxyl groups excluding tert-OH is 1. The smallest absolute Gasteiger partial charge is 0.320 e. The molecule has 110 valence electrons. The summed E-state index contributed by atoms with van der Waals surface area (Å²) >= 11 is 0. The van der Waals surface area contributed by atoms with Gasteiger partial charge in [-0.15, -0.1) is 0 Å². The van der Waals surface area contributed by atoms with Crippen LogP contribution in [0.5, 0.6) is 0 Å². The Labute approximate surface area is 114 Å². The number of likely N-dealkylation sites (tertiary alicyclic amines) is 1. The first-order chi connectivity index (χ1) is 9.10. The predicted octanol–water partition coefficient (Wildman–Crippen LogP) is 0.997. The summed E-state index contributed by atoms with van der Waals surface area (Å²) in [5.41, 5.74) is 0. The van der Waals surface area contributed by atoms with Gasteiger partial charge in [0, 0.05) is 26.2 Å². The van der Waals surface area contributed by atoms with E-state index in [4.69, 9.17) is 10.2 Å². The third kappa shape index (κ3) is 4.70. The van der Waals surface area contributed by atoms with Gasteiger partial charge in [-0.05, 0) is 19.3 Å². The van der Waals surface area contributed by atoms with E-state index in [2.05, 4.69) is 0 Å². The highest BCUT2D eigenvalue weighted by Crippen LogP contribution is 2.18. The second-order valence-corrected chi connectivity index (χ2v) is 4.97. The fraction of sp³-hybridized carbons (Fsp3) is 0.846. The summed E-state index contributed by atoms with van der Waals surface area (Å²) in [5, 5.41) is 18.0. The lowest BCUT2D eigenvalue weighted by molar-refractivity contribution is -0.143. The zero-order valence-corrected chi connectivity index (χ0v) is 11.5. The normalized spacial score (nSPS) is 19.3. The van der Waals surface area contributed by atoms with Gasteiger partial charge in [0.2, 0.25) is 0 Å². The van der Waals surface area contributed by atoms with E-state index in [1.807, 2.05) is 6.92 Å². The van der Waals surface area contributed by atoms with Crippen molar-refractivity contribution in [3.63, 3.8) is 0 Å². The standard InChI is InChI=1S/C13H24N2O4/c1-2-3-6-14(8-9-16)13(19)15-7-4-5-11(10-15)12(17)18/h11,16H,2-10H2,1H3,(H,17,18)/t11-/m1/s1. The molecule has 19 heavy (non-hydrogen) atoms. The molecule has 1 atom stereocenters. The van der Waals surface area contributed by atoms with Gasteiger partial charge >= 0.3 is 12.0 Å². The van der Waals surface area contributed by atoms with Crippen LogP contribution < -0.4 is 0 Å². The molecule has 1 saturated heterocycles. The SMILES string of the molecule is CCCCN(CCO)C(=O)N1CCC[C@@H](C(=O)O)C1. The molecule has 0 aromatic carbocycles. The number of unbranched alkanes of at least 4 members (excludes halogenated alkanes) is 1. The minimum absolute atomic E-state index is 0.0638. The minimum Gasteiger partial charge on any atom is -0.481 e. The van der Waals surface area contributed by atoms with Crippen LogP contribution in [0.3, 0.4) is 0 Å².